The third-order valence-electron chi connectivity index (χ3n) is 6.38. The fraction of sp³-hybridized carbons (Fsp3) is 0.148. The zero-order valence-electron chi connectivity index (χ0n) is 21.2. The van der Waals surface area contributed by atoms with Crippen LogP contribution in [0, 0.1) is 11.0 Å². The summed E-state index contributed by atoms with van der Waals surface area (Å²) in [6.07, 6.45) is 5.52. The van der Waals surface area contributed by atoms with Gasteiger partial charge in [-0.15, -0.1) is 5.10 Å². The maximum atomic E-state index is 15.3. The molecule has 5 aromatic rings. The molecule has 15 heteroatoms. The highest BCUT2D eigenvalue weighted by Gasteiger charge is 2.26. The number of nitrogens with zero attached hydrogens (tertiary/aromatic N) is 6. The topological polar surface area (TPSA) is 122 Å². The van der Waals surface area contributed by atoms with E-state index in [0.717, 1.165) is 6.20 Å². The molecule has 2 aromatic carbocycles. The zero-order valence-corrected chi connectivity index (χ0v) is 22.8. The number of benzene rings is 2. The van der Waals surface area contributed by atoms with Gasteiger partial charge in [-0.05, 0) is 35.9 Å². The molecule has 0 radical (unpaired) electrons. The van der Waals surface area contributed by atoms with Crippen LogP contribution in [0.5, 0.6) is 0 Å². The number of alkyl halides is 2. The number of hydrogen-bond acceptors (Lipinski definition) is 6. The van der Waals surface area contributed by atoms with Gasteiger partial charge in [-0.1, -0.05) is 40.5 Å². The van der Waals surface area contributed by atoms with Crippen molar-refractivity contribution < 1.29 is 32.5 Å². The van der Waals surface area contributed by atoms with Crippen LogP contribution in [0.4, 0.5) is 13.2 Å². The van der Waals surface area contributed by atoms with Crippen molar-refractivity contribution in [3.8, 4) is 27.9 Å². The van der Waals surface area contributed by atoms with Crippen molar-refractivity contribution in [3.63, 3.8) is 0 Å². The predicted molar refractivity (Wildman–Crippen MR) is 145 cm³/mol. The molecule has 0 saturated heterocycles. The summed E-state index contributed by atoms with van der Waals surface area (Å²) in [5.74, 6) is -1.88. The Bertz CT molecular complexity index is 1750. The molecule has 1 atom stereocenters. The van der Waals surface area contributed by atoms with Crippen LogP contribution in [-0.4, -0.2) is 49.1 Å². The van der Waals surface area contributed by atoms with Crippen molar-refractivity contribution in [2.45, 2.75) is 19.1 Å². The van der Waals surface area contributed by atoms with Gasteiger partial charge in [0.1, 0.15) is 6.04 Å². The Morgan fingerprint density at radius 3 is 2.43 bits per heavy atom. The first kappa shape index (κ1) is 29.0. The normalized spacial score (nSPS) is 12.1. The Kier molecular flexibility index (Phi) is 8.43. The van der Waals surface area contributed by atoms with Crippen LogP contribution >= 0.6 is 23.2 Å². The molecule has 42 heavy (non-hydrogen) atoms. The lowest BCUT2D eigenvalue weighted by atomic mass is 10.0. The number of aromatic carboxylic acids is 1. The highest BCUT2D eigenvalue weighted by Crippen LogP contribution is 2.34. The highest BCUT2D eigenvalue weighted by atomic mass is 35.5. The van der Waals surface area contributed by atoms with Crippen molar-refractivity contribution in [1.82, 2.24) is 24.8 Å². The molecule has 0 aliphatic carbocycles. The van der Waals surface area contributed by atoms with Crippen LogP contribution < -0.4 is 4.73 Å². The summed E-state index contributed by atoms with van der Waals surface area (Å²) in [4.78, 5) is 11.2. The number of hydrogen-bond donors (Lipinski definition) is 1. The number of ether oxygens (including phenoxy) is 1. The molecule has 0 aliphatic rings. The standard InChI is InChI=1S/C27H19Cl2F3N6O4/c28-19-6-8-22(37-14-23(29)34-35-37)24(25(19)30)17-5-7-21(38(41)13-17)20(9-10-42-27(31)32)36-12-18(11-33-36)15-1-3-16(4-2-15)26(39)40/h1-8,11-14,20,27H,9-10H2,(H,39,40)/t20-/m0/s1. The maximum absolute atomic E-state index is 15.3. The van der Waals surface area contributed by atoms with Gasteiger partial charge in [0.2, 0.25) is 5.69 Å². The van der Waals surface area contributed by atoms with E-state index in [2.05, 4.69) is 20.1 Å². The van der Waals surface area contributed by atoms with Gasteiger partial charge in [0.25, 0.3) is 0 Å². The smallest absolute Gasteiger partial charge is 0.345 e. The molecule has 3 aromatic heterocycles. The third kappa shape index (κ3) is 6.08. The zero-order chi connectivity index (χ0) is 30.0. The Hall–Kier alpha value is -4.46. The average Bonchev–Trinajstić information content (AvgIpc) is 3.62. The highest BCUT2D eigenvalue weighted by molar-refractivity contribution is 6.31. The monoisotopic (exact) mass is 618 g/mol. The summed E-state index contributed by atoms with van der Waals surface area (Å²) in [6, 6.07) is 10.9. The summed E-state index contributed by atoms with van der Waals surface area (Å²) in [5.41, 5.74) is 1.79. The minimum Gasteiger partial charge on any atom is -0.618 e. The molecule has 216 valence electrons. The molecule has 0 unspecified atom stereocenters. The molecule has 1 N–H and O–H groups in total. The van der Waals surface area contributed by atoms with Crippen molar-refractivity contribution in [2.24, 2.45) is 0 Å². The summed E-state index contributed by atoms with van der Waals surface area (Å²) >= 11 is 11.9. The summed E-state index contributed by atoms with van der Waals surface area (Å²) in [5, 5.41) is 34.3. The molecule has 0 amide bonds. The fourth-order valence-corrected chi connectivity index (χ4v) is 4.70. The molecule has 3 heterocycles. The van der Waals surface area contributed by atoms with Gasteiger partial charge in [0.05, 0.1) is 46.4 Å². The fourth-order valence-electron chi connectivity index (χ4n) is 4.41. The van der Waals surface area contributed by atoms with Gasteiger partial charge < -0.3 is 15.1 Å². The number of pyridine rings is 1. The minimum atomic E-state index is -3.01. The molecular weight excluding hydrogens is 600 g/mol. The van der Waals surface area contributed by atoms with Gasteiger partial charge >= 0.3 is 12.6 Å². The van der Waals surface area contributed by atoms with E-state index in [0.29, 0.717) is 15.9 Å². The lowest BCUT2D eigenvalue weighted by Crippen LogP contribution is -2.36. The van der Waals surface area contributed by atoms with Crippen LogP contribution in [0.15, 0.2) is 73.3 Å². The quantitative estimate of drug-likeness (QED) is 0.155. The van der Waals surface area contributed by atoms with Gasteiger partial charge in [0.15, 0.2) is 17.2 Å². The number of aromatic nitrogens is 6. The number of carbonyl (C=O) groups is 1. The third-order valence-corrected chi connectivity index (χ3v) is 6.85. The Labute approximate surface area is 245 Å². The number of halogens is 5. The summed E-state index contributed by atoms with van der Waals surface area (Å²) in [6.45, 7) is -3.41. The van der Waals surface area contributed by atoms with Crippen LogP contribution in [0.25, 0.3) is 27.9 Å². The van der Waals surface area contributed by atoms with Crippen molar-refractivity contribution in [3.05, 3.63) is 106 Å². The van der Waals surface area contributed by atoms with E-state index in [-0.39, 0.29) is 44.7 Å². The van der Waals surface area contributed by atoms with E-state index < -0.39 is 31.0 Å². The van der Waals surface area contributed by atoms with E-state index in [1.54, 1.807) is 18.3 Å². The molecule has 0 fully saturated rings. The van der Waals surface area contributed by atoms with E-state index in [1.807, 2.05) is 0 Å². The molecular formula is C27H19Cl2F3N6O4. The van der Waals surface area contributed by atoms with E-state index >= 15 is 4.39 Å². The van der Waals surface area contributed by atoms with Gasteiger partial charge in [-0.25, -0.2) is 13.9 Å². The first-order chi connectivity index (χ1) is 20.1. The lowest BCUT2D eigenvalue weighted by Gasteiger charge is -2.18. The number of rotatable bonds is 10. The molecule has 0 spiro atoms. The Balaban J connectivity index is 1.53. The number of carboxylic acids is 1. The average molecular weight is 619 g/mol. The Morgan fingerprint density at radius 1 is 1.05 bits per heavy atom. The Morgan fingerprint density at radius 2 is 1.79 bits per heavy atom. The van der Waals surface area contributed by atoms with Gasteiger partial charge in [0, 0.05) is 24.2 Å². The van der Waals surface area contributed by atoms with Crippen LogP contribution in [0.3, 0.4) is 0 Å². The second kappa shape index (κ2) is 12.2. The largest absolute Gasteiger partial charge is 0.618 e. The second-order valence-corrected chi connectivity index (χ2v) is 9.73. The van der Waals surface area contributed by atoms with Gasteiger partial charge in [-0.3, -0.25) is 4.68 Å². The number of carboxylic acid groups (broad SMARTS) is 1. The summed E-state index contributed by atoms with van der Waals surface area (Å²) < 4.78 is 48.4. The lowest BCUT2D eigenvalue weighted by molar-refractivity contribution is -0.615. The van der Waals surface area contributed by atoms with Crippen LogP contribution in [-0.2, 0) is 4.74 Å². The second-order valence-electron chi connectivity index (χ2n) is 8.94. The molecule has 0 saturated carbocycles. The summed E-state index contributed by atoms with van der Waals surface area (Å²) in [7, 11) is 0. The van der Waals surface area contributed by atoms with E-state index in [9.17, 15) is 18.8 Å². The van der Waals surface area contributed by atoms with E-state index in [1.165, 1.54) is 58.2 Å². The van der Waals surface area contributed by atoms with Crippen molar-refractivity contribution >= 4 is 29.2 Å². The van der Waals surface area contributed by atoms with Crippen LogP contribution in [0.1, 0.15) is 28.5 Å². The molecule has 5 rings (SSSR count). The van der Waals surface area contributed by atoms with Crippen molar-refractivity contribution in [2.75, 3.05) is 6.61 Å². The van der Waals surface area contributed by atoms with Crippen molar-refractivity contribution in [1.29, 1.82) is 0 Å². The maximum Gasteiger partial charge on any atom is 0.345 e. The molecule has 0 aliphatic heterocycles. The minimum absolute atomic E-state index is 0.0380. The first-order valence-electron chi connectivity index (χ1n) is 12.2. The van der Waals surface area contributed by atoms with E-state index in [4.69, 9.17) is 28.3 Å². The molecule has 10 nitrogen and oxygen atoms in total. The molecule has 0 bridgehead atoms. The SMILES string of the molecule is O=C(O)c1ccc(-c2cnn([C@@H](CCOC(F)F)c3ccc(-c4c(-n5cc(Cl)nn5)ccc(Cl)c4F)c[n+]3[O-])c2)cc1. The van der Waals surface area contributed by atoms with Gasteiger partial charge in [-0.2, -0.15) is 18.6 Å². The predicted octanol–water partition coefficient (Wildman–Crippen LogP) is 5.79. The van der Waals surface area contributed by atoms with Crippen LogP contribution in [0.2, 0.25) is 10.2 Å². The first-order valence-corrected chi connectivity index (χ1v) is 13.0.